The molecule has 5 heteroatoms. The molecule has 2 aromatic rings. The number of thioether (sulfide) groups is 1. The lowest BCUT2D eigenvalue weighted by molar-refractivity contribution is -0.118. The third-order valence-electron chi connectivity index (χ3n) is 2.85. The van der Waals surface area contributed by atoms with E-state index in [9.17, 15) is 4.79 Å². The standard InChI is InChI=1S/C16H15Cl2NOS/c17-13-7-4-8-14(18)16(13)21-11-15(20)19-10-9-12-5-2-1-3-6-12/h1-8H,9-11H2,(H,19,20). The summed E-state index contributed by atoms with van der Waals surface area (Å²) >= 11 is 13.5. The van der Waals surface area contributed by atoms with E-state index in [1.807, 2.05) is 30.3 Å². The van der Waals surface area contributed by atoms with E-state index in [1.54, 1.807) is 18.2 Å². The van der Waals surface area contributed by atoms with E-state index in [-0.39, 0.29) is 5.91 Å². The Morgan fingerprint density at radius 2 is 1.67 bits per heavy atom. The number of amides is 1. The van der Waals surface area contributed by atoms with Crippen molar-refractivity contribution in [1.29, 1.82) is 0 Å². The van der Waals surface area contributed by atoms with Gasteiger partial charge >= 0.3 is 0 Å². The average molecular weight is 340 g/mol. The van der Waals surface area contributed by atoms with Crippen LogP contribution in [0.25, 0.3) is 0 Å². The van der Waals surface area contributed by atoms with Gasteiger partial charge in [-0.05, 0) is 24.1 Å². The average Bonchev–Trinajstić information content (AvgIpc) is 2.48. The summed E-state index contributed by atoms with van der Waals surface area (Å²) in [7, 11) is 0. The third-order valence-corrected chi connectivity index (χ3v) is 4.83. The molecular formula is C16H15Cl2NOS. The third kappa shape index (κ3) is 5.27. The van der Waals surface area contributed by atoms with Gasteiger partial charge in [0.2, 0.25) is 5.91 Å². The minimum absolute atomic E-state index is 0.0214. The normalized spacial score (nSPS) is 10.4. The van der Waals surface area contributed by atoms with Gasteiger partial charge in [0, 0.05) is 11.4 Å². The predicted octanol–water partition coefficient (Wildman–Crippen LogP) is 4.44. The lowest BCUT2D eigenvalue weighted by Crippen LogP contribution is -2.27. The van der Waals surface area contributed by atoms with Crippen LogP contribution in [0.5, 0.6) is 0 Å². The van der Waals surface area contributed by atoms with Gasteiger partial charge in [0.25, 0.3) is 0 Å². The van der Waals surface area contributed by atoms with Gasteiger partial charge in [0.05, 0.1) is 15.8 Å². The number of hydrogen-bond acceptors (Lipinski definition) is 2. The zero-order valence-electron chi connectivity index (χ0n) is 11.3. The molecule has 0 spiro atoms. The van der Waals surface area contributed by atoms with Gasteiger partial charge in [0.15, 0.2) is 0 Å². The Labute approximate surface area is 138 Å². The number of carbonyl (C=O) groups is 1. The molecule has 1 amide bonds. The maximum atomic E-state index is 11.8. The van der Waals surface area contributed by atoms with Crippen molar-refractivity contribution in [3.63, 3.8) is 0 Å². The van der Waals surface area contributed by atoms with Crippen molar-refractivity contribution < 1.29 is 4.79 Å². The van der Waals surface area contributed by atoms with E-state index in [1.165, 1.54) is 17.3 Å². The number of hydrogen-bond donors (Lipinski definition) is 1. The number of nitrogens with one attached hydrogen (secondary N) is 1. The molecule has 0 bridgehead atoms. The first-order valence-electron chi connectivity index (χ1n) is 6.54. The van der Waals surface area contributed by atoms with Gasteiger partial charge in [-0.1, -0.05) is 59.6 Å². The molecular weight excluding hydrogens is 325 g/mol. The Hall–Kier alpha value is -1.16. The first-order valence-corrected chi connectivity index (χ1v) is 8.28. The van der Waals surface area contributed by atoms with Crippen LogP contribution in [0.2, 0.25) is 10.0 Å². The molecule has 0 unspecified atom stereocenters. The SMILES string of the molecule is O=C(CSc1c(Cl)cccc1Cl)NCCc1ccccc1. The van der Waals surface area contributed by atoms with Crippen molar-refractivity contribution in [2.75, 3.05) is 12.3 Å². The number of halogens is 2. The highest BCUT2D eigenvalue weighted by Crippen LogP contribution is 2.33. The lowest BCUT2D eigenvalue weighted by atomic mass is 10.1. The van der Waals surface area contributed by atoms with E-state index >= 15 is 0 Å². The Morgan fingerprint density at radius 1 is 1.00 bits per heavy atom. The Balaban J connectivity index is 1.75. The number of carbonyl (C=O) groups excluding carboxylic acids is 1. The molecule has 2 rings (SSSR count). The second kappa shape index (κ2) is 8.32. The van der Waals surface area contributed by atoms with Crippen molar-refractivity contribution in [1.82, 2.24) is 5.32 Å². The van der Waals surface area contributed by atoms with Crippen LogP contribution in [0.15, 0.2) is 53.4 Å². The van der Waals surface area contributed by atoms with Crippen LogP contribution in [-0.2, 0) is 11.2 Å². The highest BCUT2D eigenvalue weighted by Gasteiger charge is 2.09. The number of benzene rings is 2. The number of rotatable bonds is 6. The van der Waals surface area contributed by atoms with E-state index in [4.69, 9.17) is 23.2 Å². The zero-order valence-corrected chi connectivity index (χ0v) is 13.6. The first kappa shape index (κ1) is 16.2. The second-order valence-corrected chi connectivity index (χ2v) is 6.23. The first-order chi connectivity index (χ1) is 10.2. The van der Waals surface area contributed by atoms with E-state index in [2.05, 4.69) is 5.32 Å². The van der Waals surface area contributed by atoms with Gasteiger partial charge in [-0.2, -0.15) is 0 Å². The maximum absolute atomic E-state index is 11.8. The molecule has 0 aliphatic rings. The highest BCUT2D eigenvalue weighted by atomic mass is 35.5. The van der Waals surface area contributed by atoms with Crippen molar-refractivity contribution >= 4 is 40.9 Å². The second-order valence-electron chi connectivity index (χ2n) is 4.43. The minimum atomic E-state index is -0.0214. The maximum Gasteiger partial charge on any atom is 0.230 e. The predicted molar refractivity (Wildman–Crippen MR) is 90.3 cm³/mol. The van der Waals surface area contributed by atoms with Crippen molar-refractivity contribution in [3.8, 4) is 0 Å². The molecule has 0 aliphatic heterocycles. The van der Waals surface area contributed by atoms with Crippen LogP contribution in [0.1, 0.15) is 5.56 Å². The molecule has 0 aromatic heterocycles. The van der Waals surface area contributed by atoms with Crippen LogP contribution >= 0.6 is 35.0 Å². The van der Waals surface area contributed by atoms with Gasteiger partial charge < -0.3 is 5.32 Å². The van der Waals surface area contributed by atoms with Crippen molar-refractivity contribution in [2.45, 2.75) is 11.3 Å². The zero-order chi connectivity index (χ0) is 15.1. The summed E-state index contributed by atoms with van der Waals surface area (Å²) in [6.07, 6.45) is 0.824. The Morgan fingerprint density at radius 3 is 2.33 bits per heavy atom. The minimum Gasteiger partial charge on any atom is -0.355 e. The summed E-state index contributed by atoms with van der Waals surface area (Å²) in [4.78, 5) is 12.6. The summed E-state index contributed by atoms with van der Waals surface area (Å²) in [6, 6.07) is 15.4. The summed E-state index contributed by atoms with van der Waals surface area (Å²) in [5.74, 6) is 0.282. The summed E-state index contributed by atoms with van der Waals surface area (Å²) < 4.78 is 0. The van der Waals surface area contributed by atoms with Gasteiger partial charge in [-0.25, -0.2) is 0 Å². The molecule has 2 nitrogen and oxygen atoms in total. The molecule has 0 atom stereocenters. The molecule has 0 aliphatic carbocycles. The molecule has 0 radical (unpaired) electrons. The molecule has 1 N–H and O–H groups in total. The fourth-order valence-electron chi connectivity index (χ4n) is 1.80. The molecule has 0 heterocycles. The topological polar surface area (TPSA) is 29.1 Å². The van der Waals surface area contributed by atoms with Crippen LogP contribution in [0.4, 0.5) is 0 Å². The largest absolute Gasteiger partial charge is 0.355 e. The lowest BCUT2D eigenvalue weighted by Gasteiger charge is -2.07. The van der Waals surface area contributed by atoms with Crippen LogP contribution < -0.4 is 5.32 Å². The van der Waals surface area contributed by atoms with E-state index in [0.717, 1.165) is 11.3 Å². The molecule has 110 valence electrons. The van der Waals surface area contributed by atoms with Crippen LogP contribution in [0.3, 0.4) is 0 Å². The molecule has 0 saturated carbocycles. The Bertz CT molecular complexity index is 584. The quantitative estimate of drug-likeness (QED) is 0.788. The van der Waals surface area contributed by atoms with Crippen molar-refractivity contribution in [2.24, 2.45) is 0 Å². The van der Waals surface area contributed by atoms with Crippen molar-refractivity contribution in [3.05, 3.63) is 64.1 Å². The monoisotopic (exact) mass is 339 g/mol. The highest BCUT2D eigenvalue weighted by molar-refractivity contribution is 8.00. The molecule has 0 saturated heterocycles. The summed E-state index contributed by atoms with van der Waals surface area (Å²) in [5, 5.41) is 4.04. The summed E-state index contributed by atoms with van der Waals surface area (Å²) in [5.41, 5.74) is 1.21. The Kier molecular flexibility index (Phi) is 6.43. The van der Waals surface area contributed by atoms with Gasteiger partial charge in [-0.3, -0.25) is 4.79 Å². The molecule has 2 aromatic carbocycles. The fraction of sp³-hybridized carbons (Fsp3) is 0.188. The fourth-order valence-corrected chi connectivity index (χ4v) is 3.31. The van der Waals surface area contributed by atoms with Crippen LogP contribution in [0, 0.1) is 0 Å². The van der Waals surface area contributed by atoms with Gasteiger partial charge in [0.1, 0.15) is 0 Å². The van der Waals surface area contributed by atoms with E-state index in [0.29, 0.717) is 22.3 Å². The van der Waals surface area contributed by atoms with Crippen LogP contribution in [-0.4, -0.2) is 18.2 Å². The summed E-state index contributed by atoms with van der Waals surface area (Å²) in [6.45, 7) is 0.625. The molecule has 21 heavy (non-hydrogen) atoms. The smallest absolute Gasteiger partial charge is 0.230 e. The van der Waals surface area contributed by atoms with Gasteiger partial charge in [-0.15, -0.1) is 11.8 Å². The van der Waals surface area contributed by atoms with E-state index < -0.39 is 0 Å². The molecule has 0 fully saturated rings.